The minimum atomic E-state index is -0.340. The second-order valence-electron chi connectivity index (χ2n) is 3.80. The third-order valence-electron chi connectivity index (χ3n) is 2.54. The molecular weight excluding hydrogens is 219 g/mol. The fourth-order valence-electron chi connectivity index (χ4n) is 1.71. The van der Waals surface area contributed by atoms with E-state index in [0.717, 1.165) is 5.56 Å². The minimum absolute atomic E-state index is 0.340. The van der Waals surface area contributed by atoms with Crippen LogP contribution in [0.5, 0.6) is 0 Å². The Bertz CT molecular complexity index is 690. The van der Waals surface area contributed by atoms with Gasteiger partial charge in [0.15, 0.2) is 5.65 Å². The number of pyridine rings is 1. The summed E-state index contributed by atoms with van der Waals surface area (Å²) in [5, 5.41) is 7.88. The first-order chi connectivity index (χ1) is 8.25. The fraction of sp³-hybridized carbons (Fsp3) is 0.0833. The summed E-state index contributed by atoms with van der Waals surface area (Å²) in [4.78, 5) is 4.16. The standard InChI is InChI=1S/C12H9FN4/c1-8-4-5-9(13)11(7-8)17-12-10(15-16-17)3-2-6-14-12/h2-7H,1H3. The third-order valence-corrected chi connectivity index (χ3v) is 2.54. The van der Waals surface area contributed by atoms with Crippen molar-refractivity contribution in [2.24, 2.45) is 0 Å². The molecule has 0 aliphatic carbocycles. The molecule has 0 spiro atoms. The van der Waals surface area contributed by atoms with Crippen LogP contribution in [0.1, 0.15) is 5.56 Å². The Morgan fingerprint density at radius 3 is 3.00 bits per heavy atom. The summed E-state index contributed by atoms with van der Waals surface area (Å²) in [6.07, 6.45) is 1.63. The third kappa shape index (κ3) is 1.56. The zero-order chi connectivity index (χ0) is 11.8. The first-order valence-corrected chi connectivity index (χ1v) is 5.18. The highest BCUT2D eigenvalue weighted by Gasteiger charge is 2.11. The van der Waals surface area contributed by atoms with Crippen molar-refractivity contribution in [3.8, 4) is 5.69 Å². The molecule has 4 nitrogen and oxygen atoms in total. The Labute approximate surface area is 96.7 Å². The van der Waals surface area contributed by atoms with Crippen molar-refractivity contribution in [2.45, 2.75) is 6.92 Å². The number of aryl methyl sites for hydroxylation is 1. The highest BCUT2D eigenvalue weighted by atomic mass is 19.1. The molecule has 0 unspecified atom stereocenters. The molecule has 1 aromatic carbocycles. The number of fused-ring (bicyclic) bond motifs is 1. The van der Waals surface area contributed by atoms with Crippen LogP contribution in [0.3, 0.4) is 0 Å². The SMILES string of the molecule is Cc1ccc(F)c(-n2nnc3cccnc32)c1. The topological polar surface area (TPSA) is 43.6 Å². The first kappa shape index (κ1) is 9.89. The molecule has 0 amide bonds. The van der Waals surface area contributed by atoms with E-state index in [1.165, 1.54) is 10.7 Å². The van der Waals surface area contributed by atoms with Crippen molar-refractivity contribution < 1.29 is 4.39 Å². The molecule has 0 fully saturated rings. The number of hydrogen-bond donors (Lipinski definition) is 0. The molecule has 0 atom stereocenters. The molecule has 3 aromatic rings. The molecular formula is C12H9FN4. The molecule has 2 heterocycles. The van der Waals surface area contributed by atoms with Crippen LogP contribution in [0.15, 0.2) is 36.5 Å². The molecule has 3 rings (SSSR count). The Kier molecular flexibility index (Phi) is 2.11. The lowest BCUT2D eigenvalue weighted by molar-refractivity contribution is 0.608. The predicted molar refractivity (Wildman–Crippen MR) is 61.4 cm³/mol. The van der Waals surface area contributed by atoms with E-state index in [1.807, 2.05) is 6.92 Å². The Balaban J connectivity index is 2.31. The maximum atomic E-state index is 13.7. The Morgan fingerprint density at radius 1 is 1.24 bits per heavy atom. The van der Waals surface area contributed by atoms with Gasteiger partial charge < -0.3 is 0 Å². The number of nitrogens with zero attached hydrogens (tertiary/aromatic N) is 4. The second kappa shape index (κ2) is 3.62. The van der Waals surface area contributed by atoms with Gasteiger partial charge in [0.05, 0.1) is 0 Å². The molecule has 0 saturated carbocycles. The quantitative estimate of drug-likeness (QED) is 0.641. The molecule has 17 heavy (non-hydrogen) atoms. The number of hydrogen-bond acceptors (Lipinski definition) is 3. The smallest absolute Gasteiger partial charge is 0.183 e. The van der Waals surface area contributed by atoms with Crippen molar-refractivity contribution in [1.82, 2.24) is 20.0 Å². The van der Waals surface area contributed by atoms with E-state index in [9.17, 15) is 4.39 Å². The van der Waals surface area contributed by atoms with Gasteiger partial charge in [-0.15, -0.1) is 5.10 Å². The van der Waals surface area contributed by atoms with Crippen LogP contribution in [0.4, 0.5) is 4.39 Å². The van der Waals surface area contributed by atoms with E-state index in [1.54, 1.807) is 30.5 Å². The van der Waals surface area contributed by atoms with Crippen molar-refractivity contribution in [3.63, 3.8) is 0 Å². The summed E-state index contributed by atoms with van der Waals surface area (Å²) in [5.41, 5.74) is 2.53. The lowest BCUT2D eigenvalue weighted by Crippen LogP contribution is -2.01. The van der Waals surface area contributed by atoms with Crippen LogP contribution >= 0.6 is 0 Å². The van der Waals surface area contributed by atoms with Crippen molar-refractivity contribution in [2.75, 3.05) is 0 Å². The lowest BCUT2D eigenvalue weighted by atomic mass is 10.2. The van der Waals surface area contributed by atoms with Gasteiger partial charge in [-0.25, -0.2) is 9.37 Å². The summed E-state index contributed by atoms with van der Waals surface area (Å²) in [5.74, 6) is -0.340. The highest BCUT2D eigenvalue weighted by molar-refractivity contribution is 5.71. The maximum absolute atomic E-state index is 13.7. The van der Waals surface area contributed by atoms with Crippen molar-refractivity contribution in [3.05, 3.63) is 47.9 Å². The number of halogens is 1. The van der Waals surface area contributed by atoms with Crippen LogP contribution in [0.25, 0.3) is 16.9 Å². The van der Waals surface area contributed by atoms with Crippen LogP contribution in [-0.4, -0.2) is 20.0 Å². The first-order valence-electron chi connectivity index (χ1n) is 5.18. The molecule has 0 aliphatic rings. The van der Waals surface area contributed by atoms with E-state index in [2.05, 4.69) is 15.3 Å². The molecule has 0 N–H and O–H groups in total. The van der Waals surface area contributed by atoms with Gasteiger partial charge >= 0.3 is 0 Å². The summed E-state index contributed by atoms with van der Waals surface area (Å²) >= 11 is 0. The van der Waals surface area contributed by atoms with Gasteiger partial charge in [-0.3, -0.25) is 0 Å². The van der Waals surface area contributed by atoms with E-state index >= 15 is 0 Å². The molecule has 5 heteroatoms. The predicted octanol–water partition coefficient (Wildman–Crippen LogP) is 2.26. The minimum Gasteiger partial charge on any atom is -0.235 e. The van der Waals surface area contributed by atoms with Gasteiger partial charge in [0.25, 0.3) is 0 Å². The second-order valence-corrected chi connectivity index (χ2v) is 3.80. The largest absolute Gasteiger partial charge is 0.235 e. The van der Waals surface area contributed by atoms with Gasteiger partial charge in [0, 0.05) is 6.20 Å². The summed E-state index contributed by atoms with van der Waals surface area (Å²) in [6, 6.07) is 8.41. The van der Waals surface area contributed by atoms with Gasteiger partial charge in [0.1, 0.15) is 17.0 Å². The molecule has 2 aromatic heterocycles. The Morgan fingerprint density at radius 2 is 2.12 bits per heavy atom. The fourth-order valence-corrected chi connectivity index (χ4v) is 1.71. The maximum Gasteiger partial charge on any atom is 0.183 e. The van der Waals surface area contributed by atoms with Gasteiger partial charge in [-0.2, -0.15) is 4.68 Å². The number of benzene rings is 1. The van der Waals surface area contributed by atoms with Gasteiger partial charge in [-0.05, 0) is 36.8 Å². The van der Waals surface area contributed by atoms with Crippen LogP contribution < -0.4 is 0 Å². The lowest BCUT2D eigenvalue weighted by Gasteiger charge is -2.03. The van der Waals surface area contributed by atoms with Crippen LogP contribution in [-0.2, 0) is 0 Å². The molecule has 0 saturated heterocycles. The molecule has 0 aliphatic heterocycles. The van der Waals surface area contributed by atoms with Crippen molar-refractivity contribution in [1.29, 1.82) is 0 Å². The van der Waals surface area contributed by atoms with E-state index in [-0.39, 0.29) is 5.82 Å². The van der Waals surface area contributed by atoms with Crippen molar-refractivity contribution >= 4 is 11.2 Å². The zero-order valence-electron chi connectivity index (χ0n) is 9.13. The average Bonchev–Trinajstić information content (AvgIpc) is 2.76. The normalized spacial score (nSPS) is 10.9. The van der Waals surface area contributed by atoms with E-state index < -0.39 is 0 Å². The number of rotatable bonds is 1. The summed E-state index contributed by atoms with van der Waals surface area (Å²) in [6.45, 7) is 1.90. The monoisotopic (exact) mass is 228 g/mol. The molecule has 84 valence electrons. The summed E-state index contributed by atoms with van der Waals surface area (Å²) in [7, 11) is 0. The van der Waals surface area contributed by atoms with Crippen LogP contribution in [0.2, 0.25) is 0 Å². The number of aromatic nitrogens is 4. The van der Waals surface area contributed by atoms with E-state index in [0.29, 0.717) is 16.9 Å². The summed E-state index contributed by atoms with van der Waals surface area (Å²) < 4.78 is 15.2. The highest BCUT2D eigenvalue weighted by Crippen LogP contribution is 2.18. The zero-order valence-corrected chi connectivity index (χ0v) is 9.13. The van der Waals surface area contributed by atoms with E-state index in [4.69, 9.17) is 0 Å². The van der Waals surface area contributed by atoms with Crippen LogP contribution in [0, 0.1) is 12.7 Å². The Hall–Kier alpha value is -2.30. The van der Waals surface area contributed by atoms with Gasteiger partial charge in [0.2, 0.25) is 0 Å². The van der Waals surface area contributed by atoms with Gasteiger partial charge in [-0.1, -0.05) is 11.3 Å². The molecule has 0 radical (unpaired) electrons. The molecule has 0 bridgehead atoms. The average molecular weight is 228 g/mol.